The first-order valence-corrected chi connectivity index (χ1v) is 8.88. The van der Waals surface area contributed by atoms with Crippen LogP contribution in [0.3, 0.4) is 0 Å². The van der Waals surface area contributed by atoms with E-state index in [1.54, 1.807) is 0 Å². The minimum absolute atomic E-state index is 0.135. The zero-order valence-corrected chi connectivity index (χ0v) is 14.7. The molecular weight excluding hydrogens is 325 g/mol. The van der Waals surface area contributed by atoms with Gasteiger partial charge in [-0.2, -0.15) is 4.98 Å². The van der Waals surface area contributed by atoms with Crippen LogP contribution >= 0.6 is 0 Å². The number of rotatable bonds is 7. The molecule has 0 bridgehead atoms. The first-order valence-electron chi connectivity index (χ1n) is 8.88. The Balaban J connectivity index is 1.33. The summed E-state index contributed by atoms with van der Waals surface area (Å²) < 4.78 is 24.6. The lowest BCUT2D eigenvalue weighted by Crippen LogP contribution is -2.38. The van der Waals surface area contributed by atoms with Crippen molar-refractivity contribution in [2.24, 2.45) is 0 Å². The van der Waals surface area contributed by atoms with Crippen molar-refractivity contribution >= 4 is 0 Å². The SMILES string of the molecule is Cc1cc(CN2C[C@@H](F)C[C@H]2CN(C)Cc2nc(C3CC3)no2)on1. The Kier molecular flexibility index (Phi) is 4.56. The fourth-order valence-electron chi connectivity index (χ4n) is 3.49. The summed E-state index contributed by atoms with van der Waals surface area (Å²) in [5.41, 5.74) is 0.850. The zero-order chi connectivity index (χ0) is 17.4. The quantitative estimate of drug-likeness (QED) is 0.759. The summed E-state index contributed by atoms with van der Waals surface area (Å²) in [6.07, 6.45) is 2.05. The van der Waals surface area contributed by atoms with Crippen molar-refractivity contribution < 1.29 is 13.4 Å². The van der Waals surface area contributed by atoms with E-state index >= 15 is 0 Å². The van der Waals surface area contributed by atoms with Gasteiger partial charge in [0.25, 0.3) is 0 Å². The molecule has 0 N–H and O–H groups in total. The molecule has 0 unspecified atom stereocenters. The van der Waals surface area contributed by atoms with Crippen LogP contribution in [0.15, 0.2) is 15.1 Å². The molecule has 0 spiro atoms. The molecule has 0 aromatic carbocycles. The van der Waals surface area contributed by atoms with Crippen LogP contribution in [0.1, 0.15) is 48.3 Å². The Morgan fingerprint density at radius 3 is 2.88 bits per heavy atom. The van der Waals surface area contributed by atoms with E-state index in [9.17, 15) is 4.39 Å². The molecule has 3 heterocycles. The van der Waals surface area contributed by atoms with Crippen LogP contribution in [-0.4, -0.2) is 57.4 Å². The van der Waals surface area contributed by atoms with Crippen LogP contribution in [0.4, 0.5) is 4.39 Å². The molecule has 2 aliphatic rings. The summed E-state index contributed by atoms with van der Waals surface area (Å²) in [6.45, 7) is 4.24. The standard InChI is InChI=1S/C17H24FN5O2/c1-11-5-15(24-20-11)9-23-7-13(18)6-14(23)8-22(2)10-16-19-17(21-25-16)12-3-4-12/h5,12-14H,3-4,6-10H2,1-2H3/t13-,14-/m0/s1. The van der Waals surface area contributed by atoms with E-state index in [1.165, 1.54) is 0 Å². The number of halogens is 1. The Morgan fingerprint density at radius 1 is 1.32 bits per heavy atom. The predicted molar refractivity (Wildman–Crippen MR) is 87.6 cm³/mol. The fourth-order valence-corrected chi connectivity index (χ4v) is 3.49. The second-order valence-electron chi connectivity index (χ2n) is 7.37. The van der Waals surface area contributed by atoms with Crippen molar-refractivity contribution in [1.82, 2.24) is 25.1 Å². The average Bonchev–Trinajstić information content (AvgIpc) is 3.02. The molecule has 2 aromatic heterocycles. The highest BCUT2D eigenvalue weighted by molar-refractivity contribution is 5.05. The van der Waals surface area contributed by atoms with Gasteiger partial charge in [0, 0.05) is 31.1 Å². The summed E-state index contributed by atoms with van der Waals surface area (Å²) >= 11 is 0. The van der Waals surface area contributed by atoms with E-state index in [-0.39, 0.29) is 6.04 Å². The number of likely N-dealkylation sites (N-methyl/N-ethyl adjacent to an activating group) is 1. The lowest BCUT2D eigenvalue weighted by Gasteiger charge is -2.26. The van der Waals surface area contributed by atoms with E-state index < -0.39 is 6.17 Å². The molecule has 25 heavy (non-hydrogen) atoms. The highest BCUT2D eigenvalue weighted by Crippen LogP contribution is 2.38. The average molecular weight is 349 g/mol. The van der Waals surface area contributed by atoms with Crippen LogP contribution < -0.4 is 0 Å². The first kappa shape index (κ1) is 16.7. The lowest BCUT2D eigenvalue weighted by atomic mass is 10.2. The summed E-state index contributed by atoms with van der Waals surface area (Å²) in [7, 11) is 2.00. The van der Waals surface area contributed by atoms with Crippen molar-refractivity contribution in [3.63, 3.8) is 0 Å². The van der Waals surface area contributed by atoms with Gasteiger partial charge in [0.1, 0.15) is 6.17 Å². The summed E-state index contributed by atoms with van der Waals surface area (Å²) in [5.74, 6) is 2.74. The molecule has 7 nitrogen and oxygen atoms in total. The predicted octanol–water partition coefficient (Wildman–Crippen LogP) is 2.29. The molecular formula is C17H24FN5O2. The van der Waals surface area contributed by atoms with Gasteiger partial charge in [0.2, 0.25) is 5.89 Å². The third kappa shape index (κ3) is 4.07. The van der Waals surface area contributed by atoms with Gasteiger partial charge in [0.05, 0.1) is 18.8 Å². The van der Waals surface area contributed by atoms with Crippen LogP contribution in [0.2, 0.25) is 0 Å². The van der Waals surface area contributed by atoms with E-state index in [0.29, 0.717) is 37.9 Å². The fraction of sp³-hybridized carbons (Fsp3) is 0.706. The normalized spacial score (nSPS) is 24.5. The number of aromatic nitrogens is 3. The molecule has 1 saturated carbocycles. The maximum absolute atomic E-state index is 14.0. The summed E-state index contributed by atoms with van der Waals surface area (Å²) in [6, 6.07) is 2.04. The second kappa shape index (κ2) is 6.84. The van der Waals surface area contributed by atoms with Gasteiger partial charge < -0.3 is 9.05 Å². The van der Waals surface area contributed by atoms with E-state index in [1.807, 2.05) is 20.0 Å². The van der Waals surface area contributed by atoms with Crippen molar-refractivity contribution in [2.75, 3.05) is 20.1 Å². The molecule has 2 atom stereocenters. The maximum Gasteiger partial charge on any atom is 0.240 e. The van der Waals surface area contributed by atoms with Crippen molar-refractivity contribution in [3.8, 4) is 0 Å². The highest BCUT2D eigenvalue weighted by atomic mass is 19.1. The number of alkyl halides is 1. The lowest BCUT2D eigenvalue weighted by molar-refractivity contribution is 0.158. The van der Waals surface area contributed by atoms with Gasteiger partial charge in [-0.3, -0.25) is 9.80 Å². The Bertz CT molecular complexity index is 713. The van der Waals surface area contributed by atoms with E-state index in [0.717, 1.165) is 36.7 Å². The minimum atomic E-state index is -0.799. The molecule has 1 aliphatic heterocycles. The van der Waals surface area contributed by atoms with Crippen LogP contribution in [0.25, 0.3) is 0 Å². The molecule has 0 amide bonds. The molecule has 1 saturated heterocycles. The van der Waals surface area contributed by atoms with Gasteiger partial charge in [-0.05, 0) is 33.2 Å². The van der Waals surface area contributed by atoms with Crippen molar-refractivity contribution in [2.45, 2.75) is 57.4 Å². The molecule has 8 heteroatoms. The molecule has 4 rings (SSSR count). The largest absolute Gasteiger partial charge is 0.360 e. The number of nitrogens with zero attached hydrogens (tertiary/aromatic N) is 5. The maximum atomic E-state index is 14.0. The second-order valence-corrected chi connectivity index (χ2v) is 7.37. The Labute approximate surface area is 146 Å². The van der Waals surface area contributed by atoms with Gasteiger partial charge in [-0.25, -0.2) is 4.39 Å². The molecule has 1 aliphatic carbocycles. The van der Waals surface area contributed by atoms with Crippen LogP contribution in [0.5, 0.6) is 0 Å². The van der Waals surface area contributed by atoms with Gasteiger partial charge in [0.15, 0.2) is 11.6 Å². The Morgan fingerprint density at radius 2 is 2.16 bits per heavy atom. The number of hydrogen-bond donors (Lipinski definition) is 0. The highest BCUT2D eigenvalue weighted by Gasteiger charge is 2.34. The van der Waals surface area contributed by atoms with Crippen LogP contribution in [0, 0.1) is 6.92 Å². The van der Waals surface area contributed by atoms with E-state index in [4.69, 9.17) is 9.05 Å². The number of likely N-dealkylation sites (tertiary alicyclic amines) is 1. The Hall–Kier alpha value is -1.80. The van der Waals surface area contributed by atoms with Gasteiger partial charge >= 0.3 is 0 Å². The van der Waals surface area contributed by atoms with Gasteiger partial charge in [-0.1, -0.05) is 10.3 Å². The third-order valence-corrected chi connectivity index (χ3v) is 4.87. The molecule has 0 radical (unpaired) electrons. The van der Waals surface area contributed by atoms with Crippen LogP contribution in [-0.2, 0) is 13.1 Å². The molecule has 136 valence electrons. The molecule has 2 aromatic rings. The third-order valence-electron chi connectivity index (χ3n) is 4.87. The smallest absolute Gasteiger partial charge is 0.240 e. The first-order chi connectivity index (χ1) is 12.1. The minimum Gasteiger partial charge on any atom is -0.360 e. The van der Waals surface area contributed by atoms with Crippen molar-refractivity contribution in [1.29, 1.82) is 0 Å². The molecule has 2 fully saturated rings. The van der Waals surface area contributed by atoms with E-state index in [2.05, 4.69) is 25.1 Å². The van der Waals surface area contributed by atoms with Gasteiger partial charge in [-0.15, -0.1) is 0 Å². The zero-order valence-electron chi connectivity index (χ0n) is 14.7. The number of hydrogen-bond acceptors (Lipinski definition) is 7. The number of aryl methyl sites for hydroxylation is 1. The van der Waals surface area contributed by atoms with Crippen molar-refractivity contribution in [3.05, 3.63) is 29.2 Å². The monoisotopic (exact) mass is 349 g/mol. The topological polar surface area (TPSA) is 71.4 Å². The summed E-state index contributed by atoms with van der Waals surface area (Å²) in [4.78, 5) is 8.71. The summed E-state index contributed by atoms with van der Waals surface area (Å²) in [5, 5.41) is 7.95.